The summed E-state index contributed by atoms with van der Waals surface area (Å²) in [6.45, 7) is 3.90. The van der Waals surface area contributed by atoms with Crippen LogP contribution >= 0.6 is 0 Å². The minimum atomic E-state index is -0.152. The number of hydrogen-bond donors (Lipinski definition) is 1. The molecule has 1 N–H and O–H groups in total. The number of Topliss-reactive ketones (excluding diaryl/α,β-unsaturated/α-hetero) is 1. The Hall–Kier alpha value is -3.05. The first kappa shape index (κ1) is 18.9. The van der Waals surface area contributed by atoms with Gasteiger partial charge in [0.1, 0.15) is 12.3 Å². The van der Waals surface area contributed by atoms with Crippen molar-refractivity contribution in [3.8, 4) is 11.5 Å². The second-order valence-corrected chi connectivity index (χ2v) is 8.55. The third kappa shape index (κ3) is 3.10. The number of rotatable bonds is 3. The molecule has 0 bridgehead atoms. The maximum absolute atomic E-state index is 13.1. The molecule has 0 spiro atoms. The van der Waals surface area contributed by atoms with Crippen molar-refractivity contribution in [2.24, 2.45) is 7.05 Å². The third-order valence-electron chi connectivity index (χ3n) is 6.60. The van der Waals surface area contributed by atoms with Crippen molar-refractivity contribution in [1.29, 1.82) is 0 Å². The first-order valence-corrected chi connectivity index (χ1v) is 10.7. The first-order chi connectivity index (χ1) is 14.5. The van der Waals surface area contributed by atoms with E-state index in [0.717, 1.165) is 23.0 Å². The van der Waals surface area contributed by atoms with Crippen LogP contribution < -0.4 is 14.7 Å². The highest BCUT2D eigenvalue weighted by Crippen LogP contribution is 2.39. The molecule has 5 heteroatoms. The molecular weight excluding hydrogens is 376 g/mol. The van der Waals surface area contributed by atoms with Gasteiger partial charge in [-0.15, -0.1) is 0 Å². The summed E-state index contributed by atoms with van der Waals surface area (Å²) >= 11 is 0. The summed E-state index contributed by atoms with van der Waals surface area (Å²) in [5, 5.41) is 13.7. The predicted octanol–water partition coefficient (Wildman–Crippen LogP) is 2.83. The van der Waals surface area contributed by atoms with E-state index in [0.29, 0.717) is 29.5 Å². The maximum Gasteiger partial charge on any atom is 0.231 e. The van der Waals surface area contributed by atoms with E-state index in [-0.39, 0.29) is 17.3 Å². The van der Waals surface area contributed by atoms with Crippen molar-refractivity contribution in [1.82, 2.24) is 4.57 Å². The largest absolute Gasteiger partial charge is 0.872 e. The Morgan fingerprint density at radius 2 is 2.07 bits per heavy atom. The van der Waals surface area contributed by atoms with Crippen LogP contribution in [0.3, 0.4) is 0 Å². The van der Waals surface area contributed by atoms with Gasteiger partial charge in [-0.25, -0.2) is 0 Å². The molecule has 0 radical (unpaired) electrons. The van der Waals surface area contributed by atoms with E-state index in [1.165, 1.54) is 30.2 Å². The van der Waals surface area contributed by atoms with E-state index >= 15 is 0 Å². The van der Waals surface area contributed by atoms with Crippen molar-refractivity contribution in [3.05, 3.63) is 65.0 Å². The Kier molecular flexibility index (Phi) is 4.63. The lowest BCUT2D eigenvalue weighted by Gasteiger charge is -2.31. The lowest BCUT2D eigenvalue weighted by molar-refractivity contribution is -0.942. The standard InChI is InChI=1S/C25H26N2O3/c1-16-7-5-6-12-27(16)15-20-22(28)11-10-19-24(29)23(30-25(19)20)13-17-14-26(2)21-9-4-3-8-18(17)21/h3-4,8-11,13-14,16,28H,5-7,12,15H2,1-2H3/b23-13+. The van der Waals surface area contributed by atoms with Gasteiger partial charge in [-0.3, -0.25) is 4.79 Å². The smallest absolute Gasteiger partial charge is 0.231 e. The number of nitrogens with zero attached hydrogens (tertiary/aromatic N) is 1. The fraction of sp³-hybridized carbons (Fsp3) is 0.320. The zero-order valence-electron chi connectivity index (χ0n) is 17.4. The van der Waals surface area contributed by atoms with Crippen molar-refractivity contribution in [2.75, 3.05) is 6.54 Å². The van der Waals surface area contributed by atoms with Crippen LogP contribution in [0.5, 0.6) is 11.5 Å². The molecule has 2 unspecified atom stereocenters. The fourth-order valence-corrected chi connectivity index (χ4v) is 4.83. The molecule has 3 aromatic rings. The zero-order valence-corrected chi connectivity index (χ0v) is 17.4. The highest BCUT2D eigenvalue weighted by molar-refractivity contribution is 6.15. The van der Waals surface area contributed by atoms with Crippen LogP contribution in [0.25, 0.3) is 17.0 Å². The maximum atomic E-state index is 13.1. The molecule has 1 fully saturated rings. The summed E-state index contributed by atoms with van der Waals surface area (Å²) in [4.78, 5) is 14.5. The molecule has 0 saturated carbocycles. The van der Waals surface area contributed by atoms with Gasteiger partial charge in [-0.05, 0) is 44.4 Å². The van der Waals surface area contributed by atoms with Crippen molar-refractivity contribution < 1.29 is 19.5 Å². The number of aryl methyl sites for hydroxylation is 1. The second-order valence-electron chi connectivity index (χ2n) is 8.55. The van der Waals surface area contributed by atoms with E-state index in [1.54, 1.807) is 12.1 Å². The number of likely N-dealkylation sites (tertiary alicyclic amines) is 1. The molecule has 0 amide bonds. The lowest BCUT2D eigenvalue weighted by atomic mass is 10.0. The molecule has 0 aliphatic carbocycles. The fourth-order valence-electron chi connectivity index (χ4n) is 4.83. The average Bonchev–Trinajstić information content (AvgIpc) is 3.23. The van der Waals surface area contributed by atoms with E-state index in [9.17, 15) is 9.90 Å². The number of hydrogen-bond acceptors (Lipinski definition) is 3. The minimum absolute atomic E-state index is 0.0433. The van der Waals surface area contributed by atoms with Crippen LogP contribution in [-0.2, 0) is 13.6 Å². The summed E-state index contributed by atoms with van der Waals surface area (Å²) in [5.74, 6) is 0.554. The quantitative estimate of drug-likeness (QED) is 0.686. The summed E-state index contributed by atoms with van der Waals surface area (Å²) in [6.07, 6.45) is 7.39. The Balaban J connectivity index is 1.52. The Morgan fingerprint density at radius 3 is 2.90 bits per heavy atom. The number of para-hydroxylation sites is 1. The highest BCUT2D eigenvalue weighted by atomic mass is 16.5. The number of ketones is 1. The molecule has 1 saturated heterocycles. The summed E-state index contributed by atoms with van der Waals surface area (Å²) < 4.78 is 8.10. The van der Waals surface area contributed by atoms with Crippen LogP contribution in [0.2, 0.25) is 0 Å². The van der Waals surface area contributed by atoms with Crippen molar-refractivity contribution >= 4 is 22.8 Å². The van der Waals surface area contributed by atoms with Gasteiger partial charge in [0.15, 0.2) is 5.76 Å². The van der Waals surface area contributed by atoms with E-state index in [1.807, 2.05) is 42.1 Å². The lowest BCUT2D eigenvalue weighted by Crippen LogP contribution is -3.14. The van der Waals surface area contributed by atoms with E-state index in [2.05, 4.69) is 6.92 Å². The zero-order chi connectivity index (χ0) is 20.8. The number of fused-ring (bicyclic) bond motifs is 2. The molecule has 2 aliphatic heterocycles. The SMILES string of the molecule is CC1CCCC[NH+]1Cc1c([O-])ccc2c1O/C(=C/c1cn(C)c3ccccc13)C2=O. The number of aromatic nitrogens is 1. The van der Waals surface area contributed by atoms with E-state index < -0.39 is 0 Å². The highest BCUT2D eigenvalue weighted by Gasteiger charge is 2.32. The number of piperidine rings is 1. The number of carbonyl (C=O) groups is 1. The predicted molar refractivity (Wildman–Crippen MR) is 115 cm³/mol. The van der Waals surface area contributed by atoms with Gasteiger partial charge >= 0.3 is 0 Å². The normalized spacial score (nSPS) is 22.5. The molecule has 2 aliphatic rings. The average molecular weight is 402 g/mol. The number of ether oxygens (including phenoxy) is 1. The van der Waals surface area contributed by atoms with Crippen LogP contribution in [0, 0.1) is 0 Å². The topological polar surface area (TPSA) is 58.7 Å². The molecule has 30 heavy (non-hydrogen) atoms. The van der Waals surface area contributed by atoms with Crippen molar-refractivity contribution in [2.45, 2.75) is 38.8 Å². The molecule has 2 aromatic carbocycles. The molecule has 5 nitrogen and oxygen atoms in total. The number of benzene rings is 2. The summed E-state index contributed by atoms with van der Waals surface area (Å²) in [6, 6.07) is 11.7. The van der Waals surface area contributed by atoms with Crippen LogP contribution in [0.1, 0.15) is 47.7 Å². The van der Waals surface area contributed by atoms with Gasteiger partial charge in [-0.1, -0.05) is 30.0 Å². The first-order valence-electron chi connectivity index (χ1n) is 10.7. The van der Waals surface area contributed by atoms with Crippen molar-refractivity contribution in [3.63, 3.8) is 0 Å². The van der Waals surface area contributed by atoms with Gasteiger partial charge in [0.05, 0.1) is 18.2 Å². The Bertz CT molecular complexity index is 1170. The van der Waals surface area contributed by atoms with E-state index in [4.69, 9.17) is 4.74 Å². The number of carbonyl (C=O) groups excluding carboxylic acids is 1. The monoisotopic (exact) mass is 402 g/mol. The van der Waals surface area contributed by atoms with Gasteiger partial charge in [0.25, 0.3) is 0 Å². The Morgan fingerprint density at radius 1 is 1.23 bits per heavy atom. The molecule has 154 valence electrons. The number of quaternary nitrogens is 1. The van der Waals surface area contributed by atoms with Crippen LogP contribution in [0.4, 0.5) is 0 Å². The van der Waals surface area contributed by atoms with Crippen LogP contribution in [0.15, 0.2) is 48.4 Å². The second kappa shape index (κ2) is 7.33. The van der Waals surface area contributed by atoms with Crippen LogP contribution in [-0.4, -0.2) is 22.9 Å². The minimum Gasteiger partial charge on any atom is -0.872 e. The number of allylic oxidation sites excluding steroid dienone is 1. The van der Waals surface area contributed by atoms with Gasteiger partial charge in [-0.2, -0.15) is 0 Å². The Labute approximate surface area is 176 Å². The molecular formula is C25H26N2O3. The molecule has 3 heterocycles. The molecule has 5 rings (SSSR count). The number of nitrogens with one attached hydrogen (secondary N) is 1. The van der Waals surface area contributed by atoms with Gasteiger partial charge in [0.2, 0.25) is 5.78 Å². The van der Waals surface area contributed by atoms with Gasteiger partial charge in [0, 0.05) is 35.3 Å². The summed E-state index contributed by atoms with van der Waals surface area (Å²) in [5.41, 5.74) is 3.16. The summed E-state index contributed by atoms with van der Waals surface area (Å²) in [7, 11) is 1.99. The molecule has 1 aromatic heterocycles. The van der Waals surface area contributed by atoms with Gasteiger partial charge < -0.3 is 19.3 Å². The molecule has 2 atom stereocenters. The third-order valence-corrected chi connectivity index (χ3v) is 6.60.